The Kier molecular flexibility index (Phi) is 5.09. The maximum atomic E-state index is 10.8. The van der Waals surface area contributed by atoms with Gasteiger partial charge in [-0.2, -0.15) is 0 Å². The highest BCUT2D eigenvalue weighted by Gasteiger charge is 2.14. The molecule has 0 unspecified atom stereocenters. The Labute approximate surface area is 113 Å². The van der Waals surface area contributed by atoms with Crippen LogP contribution in [0.25, 0.3) is 0 Å². The van der Waals surface area contributed by atoms with E-state index in [0.29, 0.717) is 17.7 Å². The molecule has 1 amide bonds. The first-order chi connectivity index (χ1) is 9.29. The maximum Gasteiger partial charge on any atom is 0.244 e. The fraction of sp³-hybridized carbons (Fsp3) is 0.615. The van der Waals surface area contributed by atoms with Crippen molar-refractivity contribution < 1.29 is 9.53 Å². The molecular formula is C13H20N4O2. The molecule has 0 bridgehead atoms. The minimum absolute atomic E-state index is 0.0852. The Hall–Kier alpha value is -1.69. The molecule has 6 nitrogen and oxygen atoms in total. The van der Waals surface area contributed by atoms with E-state index in [2.05, 4.69) is 20.6 Å². The topological polar surface area (TPSA) is 76.1 Å². The number of nitrogens with zero attached hydrogens (tertiary/aromatic N) is 2. The second-order valence-electron chi connectivity index (χ2n) is 4.65. The predicted molar refractivity (Wildman–Crippen MR) is 73.0 cm³/mol. The van der Waals surface area contributed by atoms with Crippen molar-refractivity contribution >= 4 is 17.5 Å². The van der Waals surface area contributed by atoms with Crippen LogP contribution in [0.15, 0.2) is 12.4 Å². The van der Waals surface area contributed by atoms with Gasteiger partial charge in [0.05, 0.1) is 12.6 Å². The van der Waals surface area contributed by atoms with E-state index in [1.54, 1.807) is 6.20 Å². The minimum Gasteiger partial charge on any atom is -0.381 e. The smallest absolute Gasteiger partial charge is 0.244 e. The summed E-state index contributed by atoms with van der Waals surface area (Å²) >= 11 is 0. The zero-order valence-corrected chi connectivity index (χ0v) is 11.2. The number of rotatable bonds is 1. The molecule has 2 aliphatic rings. The first-order valence-corrected chi connectivity index (χ1v) is 6.67. The summed E-state index contributed by atoms with van der Waals surface area (Å²) in [5, 5.41) is 5.41. The number of hydrogen-bond donors (Lipinski definition) is 2. The van der Waals surface area contributed by atoms with Gasteiger partial charge >= 0.3 is 0 Å². The summed E-state index contributed by atoms with van der Waals surface area (Å²) in [5.41, 5.74) is 0. The average molecular weight is 264 g/mol. The van der Waals surface area contributed by atoms with Gasteiger partial charge in [-0.3, -0.25) is 4.79 Å². The molecule has 2 heterocycles. The molecule has 1 aromatic heterocycles. The number of carbonyl (C=O) groups is 1. The number of methoxy groups -OCH3 is 1. The number of ether oxygens (including phenoxy) is 1. The van der Waals surface area contributed by atoms with Crippen LogP contribution < -0.4 is 10.6 Å². The van der Waals surface area contributed by atoms with Gasteiger partial charge in [0.15, 0.2) is 11.6 Å². The summed E-state index contributed by atoms with van der Waals surface area (Å²) < 4.78 is 5.19. The van der Waals surface area contributed by atoms with Gasteiger partial charge in [0.2, 0.25) is 5.91 Å². The molecule has 3 rings (SSSR count). The van der Waals surface area contributed by atoms with Crippen molar-refractivity contribution in [2.75, 3.05) is 24.3 Å². The van der Waals surface area contributed by atoms with E-state index in [4.69, 9.17) is 4.74 Å². The van der Waals surface area contributed by atoms with Gasteiger partial charge in [0.1, 0.15) is 0 Å². The maximum absolute atomic E-state index is 10.8. The molecule has 0 atom stereocenters. The van der Waals surface area contributed by atoms with E-state index < -0.39 is 0 Å². The van der Waals surface area contributed by atoms with Crippen LogP contribution in [-0.2, 0) is 9.53 Å². The van der Waals surface area contributed by atoms with Crippen molar-refractivity contribution in [3.05, 3.63) is 12.4 Å². The van der Waals surface area contributed by atoms with E-state index in [0.717, 1.165) is 0 Å². The van der Waals surface area contributed by atoms with Crippen molar-refractivity contribution in [3.8, 4) is 0 Å². The van der Waals surface area contributed by atoms with Gasteiger partial charge in [-0.25, -0.2) is 9.97 Å². The van der Waals surface area contributed by atoms with Crippen LogP contribution in [0.1, 0.15) is 32.1 Å². The Morgan fingerprint density at radius 3 is 2.47 bits per heavy atom. The summed E-state index contributed by atoms with van der Waals surface area (Å²) in [4.78, 5) is 18.7. The van der Waals surface area contributed by atoms with Crippen LogP contribution in [0, 0.1) is 0 Å². The van der Waals surface area contributed by atoms with Crippen LogP contribution in [0.5, 0.6) is 0 Å². The number of nitrogens with one attached hydrogen (secondary N) is 2. The lowest BCUT2D eigenvalue weighted by molar-refractivity contribution is -0.114. The molecule has 0 saturated heterocycles. The van der Waals surface area contributed by atoms with Crippen LogP contribution in [0.2, 0.25) is 0 Å². The van der Waals surface area contributed by atoms with E-state index in [1.807, 2.05) is 7.11 Å². The largest absolute Gasteiger partial charge is 0.381 e. The van der Waals surface area contributed by atoms with Gasteiger partial charge in [-0.15, -0.1) is 0 Å². The van der Waals surface area contributed by atoms with Gasteiger partial charge in [0, 0.05) is 19.5 Å². The fourth-order valence-corrected chi connectivity index (χ4v) is 2.20. The van der Waals surface area contributed by atoms with Gasteiger partial charge in [-0.1, -0.05) is 19.3 Å². The van der Waals surface area contributed by atoms with E-state index in [9.17, 15) is 4.79 Å². The Morgan fingerprint density at radius 1 is 1.16 bits per heavy atom. The standard InChI is InChI=1S/C7H14O.C6H6N4O/c1-8-7-5-3-2-4-6-7;11-4-3-9-5-6(10-4)8-2-1-7-5/h7H,2-6H2,1H3;1-2H,3H2,(H,7,9)(H,8,10,11). The normalized spacial score (nSPS) is 18.5. The molecule has 0 aromatic carbocycles. The molecule has 6 heteroatoms. The lowest BCUT2D eigenvalue weighted by Crippen LogP contribution is -2.28. The number of fused-ring (bicyclic) bond motifs is 1. The highest BCUT2D eigenvalue weighted by atomic mass is 16.5. The van der Waals surface area contributed by atoms with Crippen LogP contribution in [-0.4, -0.2) is 35.6 Å². The van der Waals surface area contributed by atoms with E-state index in [-0.39, 0.29) is 12.5 Å². The highest BCUT2D eigenvalue weighted by Crippen LogP contribution is 2.19. The molecule has 1 saturated carbocycles. The van der Waals surface area contributed by atoms with E-state index >= 15 is 0 Å². The lowest BCUT2D eigenvalue weighted by Gasteiger charge is -2.19. The Bertz CT molecular complexity index is 419. The Balaban J connectivity index is 0.000000148. The number of hydrogen-bond acceptors (Lipinski definition) is 5. The van der Waals surface area contributed by atoms with Crippen LogP contribution in [0.3, 0.4) is 0 Å². The third-order valence-electron chi connectivity index (χ3n) is 3.26. The van der Waals surface area contributed by atoms with Crippen molar-refractivity contribution in [1.82, 2.24) is 9.97 Å². The fourth-order valence-electron chi connectivity index (χ4n) is 2.20. The summed E-state index contributed by atoms with van der Waals surface area (Å²) in [6.45, 7) is 0.270. The molecule has 104 valence electrons. The molecule has 19 heavy (non-hydrogen) atoms. The monoisotopic (exact) mass is 264 g/mol. The molecule has 0 radical (unpaired) electrons. The number of carbonyl (C=O) groups excluding carboxylic acids is 1. The Morgan fingerprint density at radius 2 is 1.84 bits per heavy atom. The molecular weight excluding hydrogens is 244 g/mol. The third-order valence-corrected chi connectivity index (χ3v) is 3.26. The number of amides is 1. The molecule has 1 aliphatic heterocycles. The molecule has 0 spiro atoms. The van der Waals surface area contributed by atoms with Crippen molar-refractivity contribution in [3.63, 3.8) is 0 Å². The first kappa shape index (κ1) is 13.7. The highest BCUT2D eigenvalue weighted by molar-refractivity contribution is 5.98. The van der Waals surface area contributed by atoms with Gasteiger partial charge < -0.3 is 15.4 Å². The van der Waals surface area contributed by atoms with Crippen molar-refractivity contribution in [2.24, 2.45) is 0 Å². The zero-order chi connectivity index (χ0) is 13.5. The molecule has 2 N–H and O–H groups in total. The predicted octanol–water partition coefficient (Wildman–Crippen LogP) is 1.81. The number of aromatic nitrogens is 2. The second kappa shape index (κ2) is 7.04. The average Bonchev–Trinajstić information content (AvgIpc) is 2.48. The summed E-state index contributed by atoms with van der Waals surface area (Å²) in [6.07, 6.45) is 10.4. The third kappa shape index (κ3) is 4.17. The SMILES string of the molecule is COC1CCCCC1.O=C1CNc2nccnc2N1. The molecule has 1 fully saturated rings. The van der Waals surface area contributed by atoms with Crippen LogP contribution in [0.4, 0.5) is 11.6 Å². The second-order valence-corrected chi connectivity index (χ2v) is 4.65. The molecule has 1 aliphatic carbocycles. The lowest BCUT2D eigenvalue weighted by atomic mass is 9.98. The van der Waals surface area contributed by atoms with Gasteiger partial charge in [-0.05, 0) is 12.8 Å². The summed E-state index contributed by atoms with van der Waals surface area (Å²) in [7, 11) is 1.82. The minimum atomic E-state index is -0.0852. The van der Waals surface area contributed by atoms with Crippen molar-refractivity contribution in [1.29, 1.82) is 0 Å². The zero-order valence-electron chi connectivity index (χ0n) is 11.2. The quantitative estimate of drug-likeness (QED) is 0.809. The summed E-state index contributed by atoms with van der Waals surface area (Å²) in [5.74, 6) is 1.05. The van der Waals surface area contributed by atoms with Gasteiger partial charge in [0.25, 0.3) is 0 Å². The first-order valence-electron chi connectivity index (χ1n) is 6.67. The number of anilines is 2. The molecule has 1 aromatic rings. The van der Waals surface area contributed by atoms with Crippen LogP contribution >= 0.6 is 0 Å². The van der Waals surface area contributed by atoms with Crippen molar-refractivity contribution in [2.45, 2.75) is 38.2 Å². The summed E-state index contributed by atoms with van der Waals surface area (Å²) in [6, 6.07) is 0. The van der Waals surface area contributed by atoms with E-state index in [1.165, 1.54) is 38.3 Å².